The van der Waals surface area contributed by atoms with Gasteiger partial charge < -0.3 is 9.73 Å². The van der Waals surface area contributed by atoms with Crippen LogP contribution in [-0.4, -0.2) is 10.9 Å². The van der Waals surface area contributed by atoms with Crippen LogP contribution in [0.5, 0.6) is 0 Å². The van der Waals surface area contributed by atoms with Gasteiger partial charge in [0.1, 0.15) is 11.6 Å². The maximum Gasteiger partial charge on any atom is 0.227 e. The van der Waals surface area contributed by atoms with Gasteiger partial charge in [-0.05, 0) is 13.0 Å². The normalized spacial score (nSPS) is 11.5. The molecule has 0 saturated carbocycles. The minimum absolute atomic E-state index is 0.101. The number of carbonyl (C=O) groups excluding carboxylic acids is 1. The van der Waals surface area contributed by atoms with Gasteiger partial charge in [0.15, 0.2) is 5.89 Å². The first-order valence-electron chi connectivity index (χ1n) is 7.24. The minimum Gasteiger partial charge on any atom is -0.444 e. The van der Waals surface area contributed by atoms with Crippen molar-refractivity contribution in [1.82, 2.24) is 10.3 Å². The van der Waals surface area contributed by atoms with E-state index in [0.29, 0.717) is 22.9 Å². The molecule has 1 heterocycles. The van der Waals surface area contributed by atoms with E-state index in [-0.39, 0.29) is 30.1 Å². The van der Waals surface area contributed by atoms with E-state index in [0.717, 1.165) is 0 Å². The van der Waals surface area contributed by atoms with Crippen LogP contribution in [0.15, 0.2) is 28.7 Å². The second-order valence-electron chi connectivity index (χ2n) is 6.32. The molecule has 0 atom stereocenters. The molecule has 118 valence electrons. The van der Waals surface area contributed by atoms with E-state index in [1.807, 2.05) is 27.7 Å². The number of halogens is 1. The molecule has 0 spiro atoms. The van der Waals surface area contributed by atoms with Crippen LogP contribution in [0.2, 0.25) is 0 Å². The monoisotopic (exact) mass is 304 g/mol. The van der Waals surface area contributed by atoms with Gasteiger partial charge in [-0.2, -0.15) is 0 Å². The van der Waals surface area contributed by atoms with Crippen molar-refractivity contribution in [2.24, 2.45) is 0 Å². The van der Waals surface area contributed by atoms with E-state index in [2.05, 4.69) is 10.3 Å². The summed E-state index contributed by atoms with van der Waals surface area (Å²) in [4.78, 5) is 16.3. The fourth-order valence-electron chi connectivity index (χ4n) is 1.96. The van der Waals surface area contributed by atoms with Crippen LogP contribution in [-0.2, 0) is 23.2 Å². The number of amides is 1. The molecule has 2 aromatic rings. The predicted molar refractivity (Wildman–Crippen MR) is 81.9 cm³/mol. The molecule has 0 radical (unpaired) electrons. The zero-order valence-electron chi connectivity index (χ0n) is 13.4. The van der Waals surface area contributed by atoms with Gasteiger partial charge in [0.25, 0.3) is 0 Å². The first-order chi connectivity index (χ1) is 10.3. The predicted octanol–water partition coefficient (Wildman–Crippen LogP) is 3.28. The Kier molecular flexibility index (Phi) is 4.64. The zero-order valence-corrected chi connectivity index (χ0v) is 13.4. The molecule has 4 nitrogen and oxygen atoms in total. The molecule has 1 amide bonds. The molecule has 0 saturated heterocycles. The second-order valence-corrected chi connectivity index (χ2v) is 6.32. The summed E-state index contributed by atoms with van der Waals surface area (Å²) in [6, 6.07) is 6.37. The number of hydrogen-bond donors (Lipinski definition) is 1. The van der Waals surface area contributed by atoms with Crippen molar-refractivity contribution in [2.75, 3.05) is 0 Å². The largest absolute Gasteiger partial charge is 0.444 e. The third-order valence-electron chi connectivity index (χ3n) is 3.29. The SMILES string of the molecule is Cc1nc(C(C)(C)C)oc1CC(=O)NCc1ccccc1F. The number of aryl methyl sites for hydroxylation is 1. The number of nitrogens with one attached hydrogen (secondary N) is 1. The van der Waals surface area contributed by atoms with E-state index in [1.54, 1.807) is 18.2 Å². The molecule has 0 aliphatic rings. The number of carbonyl (C=O) groups is 1. The van der Waals surface area contributed by atoms with Crippen molar-refractivity contribution in [3.05, 3.63) is 53.0 Å². The molecule has 0 bridgehead atoms. The summed E-state index contributed by atoms with van der Waals surface area (Å²) in [5.41, 5.74) is 0.971. The summed E-state index contributed by atoms with van der Waals surface area (Å²) in [6.45, 7) is 7.98. The van der Waals surface area contributed by atoms with Crippen molar-refractivity contribution in [3.63, 3.8) is 0 Å². The molecule has 0 aliphatic carbocycles. The van der Waals surface area contributed by atoms with Gasteiger partial charge in [-0.15, -0.1) is 0 Å². The van der Waals surface area contributed by atoms with Crippen LogP contribution in [0.25, 0.3) is 0 Å². The molecule has 0 aliphatic heterocycles. The van der Waals surface area contributed by atoms with Gasteiger partial charge >= 0.3 is 0 Å². The van der Waals surface area contributed by atoms with Crippen LogP contribution in [0.4, 0.5) is 4.39 Å². The average molecular weight is 304 g/mol. The number of rotatable bonds is 4. The lowest BCUT2D eigenvalue weighted by Crippen LogP contribution is -2.25. The highest BCUT2D eigenvalue weighted by atomic mass is 19.1. The van der Waals surface area contributed by atoms with E-state index in [1.165, 1.54) is 6.07 Å². The maximum absolute atomic E-state index is 13.5. The standard InChI is InChI=1S/C17H21FN2O2/c1-11-14(22-16(20-11)17(2,3)4)9-15(21)19-10-12-7-5-6-8-13(12)18/h5-8H,9-10H2,1-4H3,(H,19,21). The summed E-state index contributed by atoms with van der Waals surface area (Å²) in [7, 11) is 0. The third-order valence-corrected chi connectivity index (χ3v) is 3.29. The Balaban J connectivity index is 1.98. The van der Waals surface area contributed by atoms with E-state index in [4.69, 9.17) is 4.42 Å². The molecule has 1 aromatic heterocycles. The van der Waals surface area contributed by atoms with Gasteiger partial charge in [0.2, 0.25) is 5.91 Å². The molecular formula is C17H21FN2O2. The van der Waals surface area contributed by atoms with Gasteiger partial charge in [-0.3, -0.25) is 4.79 Å². The Hall–Kier alpha value is -2.17. The lowest BCUT2D eigenvalue weighted by Gasteiger charge is -2.12. The van der Waals surface area contributed by atoms with Crippen molar-refractivity contribution < 1.29 is 13.6 Å². The molecule has 1 N–H and O–H groups in total. The molecule has 0 unspecified atom stereocenters. The summed E-state index contributed by atoms with van der Waals surface area (Å²) in [5, 5.41) is 2.70. The summed E-state index contributed by atoms with van der Waals surface area (Å²) in [5.74, 6) is 0.620. The second kappa shape index (κ2) is 6.30. The maximum atomic E-state index is 13.5. The van der Waals surface area contributed by atoms with E-state index in [9.17, 15) is 9.18 Å². The topological polar surface area (TPSA) is 55.1 Å². The lowest BCUT2D eigenvalue weighted by atomic mass is 9.97. The van der Waals surface area contributed by atoms with Crippen LogP contribution < -0.4 is 5.32 Å². The highest BCUT2D eigenvalue weighted by Gasteiger charge is 2.23. The average Bonchev–Trinajstić information content (AvgIpc) is 2.79. The van der Waals surface area contributed by atoms with Crippen molar-refractivity contribution >= 4 is 5.91 Å². The Labute approximate surface area is 129 Å². The van der Waals surface area contributed by atoms with E-state index >= 15 is 0 Å². The quantitative estimate of drug-likeness (QED) is 0.943. The zero-order chi connectivity index (χ0) is 16.3. The molecule has 5 heteroatoms. The van der Waals surface area contributed by atoms with Crippen molar-refractivity contribution in [3.8, 4) is 0 Å². The first kappa shape index (κ1) is 16.2. The first-order valence-corrected chi connectivity index (χ1v) is 7.24. The van der Waals surface area contributed by atoms with Crippen LogP contribution >= 0.6 is 0 Å². The lowest BCUT2D eigenvalue weighted by molar-refractivity contribution is -0.120. The Bertz CT molecular complexity index is 672. The third kappa shape index (κ3) is 3.93. The summed E-state index contributed by atoms with van der Waals surface area (Å²) in [6.07, 6.45) is 0.101. The van der Waals surface area contributed by atoms with Gasteiger partial charge in [0, 0.05) is 17.5 Å². The van der Waals surface area contributed by atoms with Gasteiger partial charge in [-0.25, -0.2) is 9.37 Å². The number of nitrogens with zero attached hydrogens (tertiary/aromatic N) is 1. The van der Waals surface area contributed by atoms with Crippen LogP contribution in [0.3, 0.4) is 0 Å². The molecule has 2 rings (SSSR count). The van der Waals surface area contributed by atoms with Gasteiger partial charge in [-0.1, -0.05) is 39.0 Å². The van der Waals surface area contributed by atoms with Crippen LogP contribution in [0.1, 0.15) is 43.7 Å². The van der Waals surface area contributed by atoms with Crippen molar-refractivity contribution in [1.29, 1.82) is 0 Å². The summed E-state index contributed by atoms with van der Waals surface area (Å²) >= 11 is 0. The Morgan fingerprint density at radius 3 is 2.59 bits per heavy atom. The Morgan fingerprint density at radius 1 is 1.32 bits per heavy atom. The fourth-order valence-corrected chi connectivity index (χ4v) is 1.96. The number of aromatic nitrogens is 1. The molecule has 0 fully saturated rings. The molecule has 22 heavy (non-hydrogen) atoms. The Morgan fingerprint density at radius 2 is 2.00 bits per heavy atom. The minimum atomic E-state index is -0.325. The van der Waals surface area contributed by atoms with Crippen molar-refractivity contribution in [2.45, 2.75) is 46.1 Å². The van der Waals surface area contributed by atoms with Gasteiger partial charge in [0.05, 0.1) is 12.1 Å². The number of oxazole rings is 1. The molecular weight excluding hydrogens is 283 g/mol. The smallest absolute Gasteiger partial charge is 0.227 e. The highest BCUT2D eigenvalue weighted by Crippen LogP contribution is 2.24. The fraction of sp³-hybridized carbons (Fsp3) is 0.412. The number of benzene rings is 1. The van der Waals surface area contributed by atoms with E-state index < -0.39 is 0 Å². The van der Waals surface area contributed by atoms with Crippen LogP contribution in [0, 0.1) is 12.7 Å². The summed E-state index contributed by atoms with van der Waals surface area (Å²) < 4.78 is 19.2. The number of hydrogen-bond acceptors (Lipinski definition) is 3. The molecule has 1 aromatic carbocycles. The highest BCUT2D eigenvalue weighted by molar-refractivity contribution is 5.78.